The number of hydrogen-bond acceptors (Lipinski definition) is 3. The SMILES string of the molecule is O=C(O)c1cccc2cccc(C(=O)c3cccs3)c12. The van der Waals surface area contributed by atoms with E-state index in [0.29, 0.717) is 15.8 Å². The Labute approximate surface area is 119 Å². The highest BCUT2D eigenvalue weighted by atomic mass is 32.1. The second-order valence-corrected chi connectivity index (χ2v) is 5.27. The van der Waals surface area contributed by atoms with Gasteiger partial charge < -0.3 is 5.11 Å². The average Bonchev–Trinajstić information content (AvgIpc) is 2.99. The summed E-state index contributed by atoms with van der Waals surface area (Å²) in [6, 6.07) is 13.8. The highest BCUT2D eigenvalue weighted by Gasteiger charge is 2.17. The van der Waals surface area contributed by atoms with Gasteiger partial charge in [-0.1, -0.05) is 36.4 Å². The van der Waals surface area contributed by atoms with Crippen LogP contribution in [0.1, 0.15) is 25.6 Å². The van der Waals surface area contributed by atoms with E-state index in [1.807, 2.05) is 17.5 Å². The molecule has 0 saturated heterocycles. The summed E-state index contributed by atoms with van der Waals surface area (Å²) in [6.45, 7) is 0. The first-order chi connectivity index (χ1) is 9.68. The summed E-state index contributed by atoms with van der Waals surface area (Å²) < 4.78 is 0. The Morgan fingerprint density at radius 1 is 0.900 bits per heavy atom. The van der Waals surface area contributed by atoms with Crippen LogP contribution in [0.25, 0.3) is 10.8 Å². The van der Waals surface area contributed by atoms with Crippen molar-refractivity contribution >= 4 is 33.9 Å². The molecule has 2 aromatic carbocycles. The third-order valence-electron chi connectivity index (χ3n) is 3.12. The third kappa shape index (κ3) is 2.00. The standard InChI is InChI=1S/C16H10O3S/c17-15(13-8-3-9-20-13)11-6-1-4-10-5-2-7-12(14(10)11)16(18)19/h1-9H,(H,18,19). The van der Waals surface area contributed by atoms with E-state index in [4.69, 9.17) is 0 Å². The number of benzene rings is 2. The molecule has 0 fully saturated rings. The smallest absolute Gasteiger partial charge is 0.336 e. The molecule has 0 saturated carbocycles. The minimum atomic E-state index is -1.03. The van der Waals surface area contributed by atoms with Gasteiger partial charge in [-0.3, -0.25) is 4.79 Å². The molecule has 4 heteroatoms. The van der Waals surface area contributed by atoms with Crippen molar-refractivity contribution in [3.63, 3.8) is 0 Å². The number of carboxylic acid groups (broad SMARTS) is 1. The Hall–Kier alpha value is -2.46. The Kier molecular flexibility index (Phi) is 3.08. The van der Waals surface area contributed by atoms with Crippen LogP contribution in [0, 0.1) is 0 Å². The minimum Gasteiger partial charge on any atom is -0.478 e. The Bertz CT molecular complexity index is 798. The van der Waals surface area contributed by atoms with Crippen LogP contribution in [-0.2, 0) is 0 Å². The van der Waals surface area contributed by atoms with Crippen LogP contribution in [0.2, 0.25) is 0 Å². The van der Waals surface area contributed by atoms with E-state index < -0.39 is 5.97 Å². The van der Waals surface area contributed by atoms with Crippen LogP contribution < -0.4 is 0 Å². The van der Waals surface area contributed by atoms with E-state index in [2.05, 4.69) is 0 Å². The van der Waals surface area contributed by atoms with Gasteiger partial charge >= 0.3 is 5.97 Å². The number of thiophene rings is 1. The quantitative estimate of drug-likeness (QED) is 0.743. The number of carbonyl (C=O) groups excluding carboxylic acids is 1. The molecule has 0 radical (unpaired) electrons. The van der Waals surface area contributed by atoms with Crippen molar-refractivity contribution in [2.45, 2.75) is 0 Å². The fourth-order valence-electron chi connectivity index (χ4n) is 2.25. The molecule has 0 unspecified atom stereocenters. The zero-order valence-corrected chi connectivity index (χ0v) is 11.2. The van der Waals surface area contributed by atoms with Crippen molar-refractivity contribution in [2.75, 3.05) is 0 Å². The van der Waals surface area contributed by atoms with Gasteiger partial charge in [0.2, 0.25) is 5.78 Å². The number of fused-ring (bicyclic) bond motifs is 1. The van der Waals surface area contributed by atoms with Crippen LogP contribution >= 0.6 is 11.3 Å². The van der Waals surface area contributed by atoms with Gasteiger partial charge in [-0.15, -0.1) is 11.3 Å². The minimum absolute atomic E-state index is 0.140. The van der Waals surface area contributed by atoms with E-state index in [0.717, 1.165) is 5.39 Å². The van der Waals surface area contributed by atoms with Crippen LogP contribution in [-0.4, -0.2) is 16.9 Å². The summed E-state index contributed by atoms with van der Waals surface area (Å²) in [7, 11) is 0. The molecule has 0 atom stereocenters. The number of carboxylic acids is 1. The largest absolute Gasteiger partial charge is 0.478 e. The van der Waals surface area contributed by atoms with Crippen molar-refractivity contribution in [1.82, 2.24) is 0 Å². The van der Waals surface area contributed by atoms with Crippen LogP contribution in [0.15, 0.2) is 53.9 Å². The molecule has 1 aromatic heterocycles. The molecular weight excluding hydrogens is 272 g/mol. The maximum Gasteiger partial charge on any atom is 0.336 e. The van der Waals surface area contributed by atoms with E-state index in [1.165, 1.54) is 17.4 Å². The van der Waals surface area contributed by atoms with Crippen molar-refractivity contribution in [3.05, 3.63) is 69.9 Å². The predicted octanol–water partition coefficient (Wildman–Crippen LogP) is 3.83. The number of hydrogen-bond donors (Lipinski definition) is 1. The van der Waals surface area contributed by atoms with Crippen molar-refractivity contribution in [1.29, 1.82) is 0 Å². The lowest BCUT2D eigenvalue weighted by atomic mass is 9.96. The molecule has 1 N–H and O–H groups in total. The zero-order chi connectivity index (χ0) is 14.1. The summed E-state index contributed by atoms with van der Waals surface area (Å²) in [5.41, 5.74) is 0.589. The van der Waals surface area contributed by atoms with E-state index in [1.54, 1.807) is 30.3 Å². The third-order valence-corrected chi connectivity index (χ3v) is 3.99. The molecule has 0 amide bonds. The lowest BCUT2D eigenvalue weighted by molar-refractivity contribution is 0.0699. The van der Waals surface area contributed by atoms with Gasteiger partial charge in [0.15, 0.2) is 0 Å². The number of rotatable bonds is 3. The van der Waals surface area contributed by atoms with E-state index in [-0.39, 0.29) is 11.3 Å². The van der Waals surface area contributed by atoms with Crippen molar-refractivity contribution in [2.24, 2.45) is 0 Å². The molecule has 3 nitrogen and oxygen atoms in total. The van der Waals surface area contributed by atoms with Gasteiger partial charge in [-0.2, -0.15) is 0 Å². The molecule has 1 heterocycles. The van der Waals surface area contributed by atoms with Crippen LogP contribution in [0.4, 0.5) is 0 Å². The molecule has 20 heavy (non-hydrogen) atoms. The van der Waals surface area contributed by atoms with E-state index in [9.17, 15) is 14.7 Å². The molecule has 0 spiro atoms. The number of ketones is 1. The molecular formula is C16H10O3S. The topological polar surface area (TPSA) is 54.4 Å². The zero-order valence-electron chi connectivity index (χ0n) is 10.4. The number of aromatic carboxylic acids is 1. The monoisotopic (exact) mass is 282 g/mol. The lowest BCUT2D eigenvalue weighted by Gasteiger charge is -2.07. The second-order valence-electron chi connectivity index (χ2n) is 4.32. The summed E-state index contributed by atoms with van der Waals surface area (Å²) in [5, 5.41) is 12.4. The second kappa shape index (κ2) is 4.90. The maximum absolute atomic E-state index is 12.5. The lowest BCUT2D eigenvalue weighted by Crippen LogP contribution is -2.04. The van der Waals surface area contributed by atoms with Gasteiger partial charge in [-0.05, 0) is 22.9 Å². The Morgan fingerprint density at radius 2 is 1.60 bits per heavy atom. The number of carbonyl (C=O) groups is 2. The van der Waals surface area contributed by atoms with Gasteiger partial charge in [0, 0.05) is 10.9 Å². The normalized spacial score (nSPS) is 10.6. The van der Waals surface area contributed by atoms with Crippen LogP contribution in [0.5, 0.6) is 0 Å². The molecule has 3 aromatic rings. The average molecular weight is 282 g/mol. The first-order valence-electron chi connectivity index (χ1n) is 6.02. The van der Waals surface area contributed by atoms with E-state index >= 15 is 0 Å². The molecule has 98 valence electrons. The summed E-state index contributed by atoms with van der Waals surface area (Å²) in [4.78, 5) is 24.5. The fraction of sp³-hybridized carbons (Fsp3) is 0. The molecule has 0 bridgehead atoms. The first kappa shape index (κ1) is 12.6. The van der Waals surface area contributed by atoms with Gasteiger partial charge in [0.05, 0.1) is 10.4 Å². The van der Waals surface area contributed by atoms with Crippen LogP contribution in [0.3, 0.4) is 0 Å². The summed E-state index contributed by atoms with van der Waals surface area (Å²) >= 11 is 1.35. The van der Waals surface area contributed by atoms with Crippen molar-refractivity contribution < 1.29 is 14.7 Å². The van der Waals surface area contributed by atoms with Gasteiger partial charge in [0.1, 0.15) is 0 Å². The maximum atomic E-state index is 12.5. The fourth-order valence-corrected chi connectivity index (χ4v) is 2.93. The Morgan fingerprint density at radius 3 is 2.20 bits per heavy atom. The molecule has 0 aliphatic rings. The molecule has 3 rings (SSSR count). The summed E-state index contributed by atoms with van der Waals surface area (Å²) in [6.07, 6.45) is 0. The highest BCUT2D eigenvalue weighted by molar-refractivity contribution is 7.12. The van der Waals surface area contributed by atoms with Gasteiger partial charge in [-0.25, -0.2) is 4.79 Å². The predicted molar refractivity (Wildman–Crippen MR) is 78.7 cm³/mol. The first-order valence-corrected chi connectivity index (χ1v) is 6.89. The highest BCUT2D eigenvalue weighted by Crippen LogP contribution is 2.26. The Balaban J connectivity index is 2.31. The molecule has 0 aliphatic heterocycles. The summed E-state index contributed by atoms with van der Waals surface area (Å²) in [5.74, 6) is -1.17. The molecule has 0 aliphatic carbocycles. The van der Waals surface area contributed by atoms with Crippen molar-refractivity contribution in [3.8, 4) is 0 Å². The van der Waals surface area contributed by atoms with Gasteiger partial charge in [0.25, 0.3) is 0 Å².